The molecule has 0 bridgehead atoms. The number of hydrogen-bond acceptors (Lipinski definition) is 2. The SMILES string of the molecule is Cc1cccc(C(=O)N2CCC(OCC3CC3)C2)c1. The van der Waals surface area contributed by atoms with E-state index in [-0.39, 0.29) is 12.0 Å². The van der Waals surface area contributed by atoms with E-state index in [9.17, 15) is 4.79 Å². The van der Waals surface area contributed by atoms with Crippen LogP contribution in [0, 0.1) is 12.8 Å². The van der Waals surface area contributed by atoms with Crippen LogP contribution in [0.1, 0.15) is 35.2 Å². The fraction of sp³-hybridized carbons (Fsp3) is 0.562. The third-order valence-corrected chi connectivity index (χ3v) is 3.96. The highest BCUT2D eigenvalue weighted by molar-refractivity contribution is 5.94. The Labute approximate surface area is 114 Å². The number of rotatable bonds is 4. The zero-order valence-electron chi connectivity index (χ0n) is 11.5. The van der Waals surface area contributed by atoms with Gasteiger partial charge in [-0.3, -0.25) is 4.79 Å². The van der Waals surface area contributed by atoms with Gasteiger partial charge in [0.25, 0.3) is 5.91 Å². The van der Waals surface area contributed by atoms with Crippen LogP contribution in [0.15, 0.2) is 24.3 Å². The predicted molar refractivity (Wildman–Crippen MR) is 74.2 cm³/mol. The molecule has 1 amide bonds. The van der Waals surface area contributed by atoms with E-state index in [1.54, 1.807) is 0 Å². The molecule has 0 N–H and O–H groups in total. The molecule has 2 fully saturated rings. The van der Waals surface area contributed by atoms with Gasteiger partial charge in [-0.15, -0.1) is 0 Å². The molecule has 102 valence electrons. The molecule has 1 aromatic carbocycles. The lowest BCUT2D eigenvalue weighted by atomic mass is 10.1. The molecule has 19 heavy (non-hydrogen) atoms. The maximum absolute atomic E-state index is 12.4. The quantitative estimate of drug-likeness (QED) is 0.832. The molecular formula is C16H21NO2. The summed E-state index contributed by atoms with van der Waals surface area (Å²) in [6.45, 7) is 4.47. The maximum Gasteiger partial charge on any atom is 0.253 e. The lowest BCUT2D eigenvalue weighted by Gasteiger charge is -2.17. The second-order valence-corrected chi connectivity index (χ2v) is 5.81. The smallest absolute Gasteiger partial charge is 0.253 e. The molecule has 1 aliphatic heterocycles. The molecule has 0 spiro atoms. The van der Waals surface area contributed by atoms with Crippen molar-refractivity contribution in [2.75, 3.05) is 19.7 Å². The van der Waals surface area contributed by atoms with Crippen molar-refractivity contribution in [3.63, 3.8) is 0 Å². The molecule has 0 aromatic heterocycles. The topological polar surface area (TPSA) is 29.5 Å². The van der Waals surface area contributed by atoms with Gasteiger partial charge in [0, 0.05) is 25.3 Å². The fourth-order valence-corrected chi connectivity index (χ4v) is 2.57. The van der Waals surface area contributed by atoms with Crippen molar-refractivity contribution >= 4 is 5.91 Å². The van der Waals surface area contributed by atoms with Crippen LogP contribution >= 0.6 is 0 Å². The molecule has 1 saturated heterocycles. The molecule has 3 rings (SSSR count). The van der Waals surface area contributed by atoms with Gasteiger partial charge in [-0.25, -0.2) is 0 Å². The normalized spacial score (nSPS) is 22.8. The van der Waals surface area contributed by atoms with E-state index in [1.165, 1.54) is 12.8 Å². The van der Waals surface area contributed by atoms with E-state index < -0.39 is 0 Å². The molecule has 2 aliphatic rings. The summed E-state index contributed by atoms with van der Waals surface area (Å²) in [5.74, 6) is 0.933. The van der Waals surface area contributed by atoms with Crippen LogP contribution in [0.5, 0.6) is 0 Å². The minimum absolute atomic E-state index is 0.140. The van der Waals surface area contributed by atoms with Crippen molar-refractivity contribution in [3.05, 3.63) is 35.4 Å². The van der Waals surface area contributed by atoms with E-state index >= 15 is 0 Å². The highest BCUT2D eigenvalue weighted by Crippen LogP contribution is 2.30. The Morgan fingerprint density at radius 3 is 2.95 bits per heavy atom. The summed E-state index contributed by atoms with van der Waals surface area (Å²) in [5.41, 5.74) is 1.93. The molecule has 1 heterocycles. The number of benzene rings is 1. The summed E-state index contributed by atoms with van der Waals surface area (Å²) < 4.78 is 5.87. The first-order valence-corrected chi connectivity index (χ1v) is 7.20. The zero-order chi connectivity index (χ0) is 13.2. The van der Waals surface area contributed by atoms with E-state index in [0.29, 0.717) is 0 Å². The summed E-state index contributed by atoms with van der Waals surface area (Å²) in [7, 11) is 0. The summed E-state index contributed by atoms with van der Waals surface area (Å²) in [5, 5.41) is 0. The van der Waals surface area contributed by atoms with E-state index in [0.717, 1.165) is 43.2 Å². The summed E-state index contributed by atoms with van der Waals surface area (Å²) in [4.78, 5) is 14.3. The van der Waals surface area contributed by atoms with Gasteiger partial charge in [-0.2, -0.15) is 0 Å². The van der Waals surface area contributed by atoms with Crippen molar-refractivity contribution in [2.24, 2.45) is 5.92 Å². The fourth-order valence-electron chi connectivity index (χ4n) is 2.57. The van der Waals surface area contributed by atoms with Crippen molar-refractivity contribution in [1.82, 2.24) is 4.90 Å². The van der Waals surface area contributed by atoms with E-state index in [2.05, 4.69) is 0 Å². The van der Waals surface area contributed by atoms with Crippen LogP contribution in [-0.4, -0.2) is 36.6 Å². The lowest BCUT2D eigenvalue weighted by molar-refractivity contribution is 0.0480. The van der Waals surface area contributed by atoms with Gasteiger partial charge >= 0.3 is 0 Å². The van der Waals surface area contributed by atoms with Crippen molar-refractivity contribution in [1.29, 1.82) is 0 Å². The highest BCUT2D eigenvalue weighted by Gasteiger charge is 2.29. The second kappa shape index (κ2) is 5.33. The number of hydrogen-bond donors (Lipinski definition) is 0. The minimum atomic E-state index is 0.140. The van der Waals surface area contributed by atoms with Gasteiger partial charge in [-0.1, -0.05) is 17.7 Å². The Kier molecular flexibility index (Phi) is 3.56. The monoisotopic (exact) mass is 259 g/mol. The van der Waals surface area contributed by atoms with Crippen LogP contribution in [0.4, 0.5) is 0 Å². The van der Waals surface area contributed by atoms with Gasteiger partial charge in [0.15, 0.2) is 0 Å². The molecule has 1 atom stereocenters. The number of carbonyl (C=O) groups excluding carboxylic acids is 1. The zero-order valence-corrected chi connectivity index (χ0v) is 11.5. The number of likely N-dealkylation sites (tertiary alicyclic amines) is 1. The highest BCUT2D eigenvalue weighted by atomic mass is 16.5. The molecule has 1 saturated carbocycles. The van der Waals surface area contributed by atoms with Gasteiger partial charge in [-0.05, 0) is 44.2 Å². The molecule has 1 aromatic rings. The Hall–Kier alpha value is -1.35. The Balaban J connectivity index is 1.56. The van der Waals surface area contributed by atoms with Crippen molar-refractivity contribution in [2.45, 2.75) is 32.3 Å². The van der Waals surface area contributed by atoms with E-state index in [4.69, 9.17) is 4.74 Å². The second-order valence-electron chi connectivity index (χ2n) is 5.81. The number of amides is 1. The molecular weight excluding hydrogens is 238 g/mol. The summed E-state index contributed by atoms with van der Waals surface area (Å²) in [6.07, 6.45) is 3.86. The minimum Gasteiger partial charge on any atom is -0.376 e. The lowest BCUT2D eigenvalue weighted by Crippen LogP contribution is -2.30. The first-order valence-electron chi connectivity index (χ1n) is 7.20. The van der Waals surface area contributed by atoms with Gasteiger partial charge < -0.3 is 9.64 Å². The number of nitrogens with zero attached hydrogens (tertiary/aromatic N) is 1. The summed E-state index contributed by atoms with van der Waals surface area (Å²) in [6, 6.07) is 7.82. The standard InChI is InChI=1S/C16H21NO2/c1-12-3-2-4-14(9-12)16(18)17-8-7-15(10-17)19-11-13-5-6-13/h2-4,9,13,15H,5-8,10-11H2,1H3. The third kappa shape index (κ3) is 3.16. The van der Waals surface area contributed by atoms with Crippen LogP contribution < -0.4 is 0 Å². The predicted octanol–water partition coefficient (Wildman–Crippen LogP) is 2.64. The first kappa shape index (κ1) is 12.7. The van der Waals surface area contributed by atoms with Crippen molar-refractivity contribution < 1.29 is 9.53 Å². The molecule has 0 radical (unpaired) electrons. The van der Waals surface area contributed by atoms with E-state index in [1.807, 2.05) is 36.1 Å². The van der Waals surface area contributed by atoms with Gasteiger partial charge in [0.2, 0.25) is 0 Å². The molecule has 3 heteroatoms. The van der Waals surface area contributed by atoms with Crippen molar-refractivity contribution in [3.8, 4) is 0 Å². The number of aryl methyl sites for hydroxylation is 1. The number of carbonyl (C=O) groups is 1. The Bertz CT molecular complexity index is 468. The number of ether oxygens (including phenoxy) is 1. The van der Waals surface area contributed by atoms with Gasteiger partial charge in [0.1, 0.15) is 0 Å². The van der Waals surface area contributed by atoms with Crippen LogP contribution in [-0.2, 0) is 4.74 Å². The van der Waals surface area contributed by atoms with Crippen LogP contribution in [0.25, 0.3) is 0 Å². The molecule has 1 unspecified atom stereocenters. The summed E-state index contributed by atoms with van der Waals surface area (Å²) >= 11 is 0. The molecule has 1 aliphatic carbocycles. The first-order chi connectivity index (χ1) is 9.22. The Morgan fingerprint density at radius 2 is 2.21 bits per heavy atom. The average molecular weight is 259 g/mol. The largest absolute Gasteiger partial charge is 0.376 e. The third-order valence-electron chi connectivity index (χ3n) is 3.96. The Morgan fingerprint density at radius 1 is 1.37 bits per heavy atom. The van der Waals surface area contributed by atoms with Crippen LogP contribution in [0.3, 0.4) is 0 Å². The molecule has 3 nitrogen and oxygen atoms in total. The van der Waals surface area contributed by atoms with Crippen LogP contribution in [0.2, 0.25) is 0 Å². The average Bonchev–Trinajstić information content (AvgIpc) is 3.13. The van der Waals surface area contributed by atoms with Gasteiger partial charge in [0.05, 0.1) is 6.10 Å². The maximum atomic E-state index is 12.4.